The third-order valence-corrected chi connectivity index (χ3v) is 3.95. The monoisotopic (exact) mass is 374 g/mol. The number of carbonyl (C=O) groups is 1. The second-order valence-electron chi connectivity index (χ2n) is 4.47. The molecule has 1 N–H and O–H groups in total. The number of hydrogen-bond acceptors (Lipinski definition) is 2. The molecule has 2 rings (SSSR count). The first-order chi connectivity index (χ1) is 8.61. The number of carbonyl (C=O) groups excluding carboxylic acids is 1. The van der Waals surface area contributed by atoms with Crippen LogP contribution in [0.1, 0.15) is 23.7 Å². The summed E-state index contributed by atoms with van der Waals surface area (Å²) in [7, 11) is 0. The summed E-state index contributed by atoms with van der Waals surface area (Å²) in [5.41, 5.74) is 0.733. The van der Waals surface area contributed by atoms with E-state index in [1.807, 2.05) is 23.1 Å². The van der Waals surface area contributed by atoms with Crippen molar-refractivity contribution in [3.05, 3.63) is 32.7 Å². The molecule has 18 heavy (non-hydrogen) atoms. The molecule has 1 aromatic carbocycles. The molecular formula is C13H16Br2N2O. The van der Waals surface area contributed by atoms with Crippen LogP contribution in [0.2, 0.25) is 0 Å². The number of nitrogens with one attached hydrogen (secondary N) is 1. The van der Waals surface area contributed by atoms with Crippen molar-refractivity contribution in [2.75, 3.05) is 19.6 Å². The first kappa shape index (κ1) is 14.0. The number of halogens is 2. The lowest BCUT2D eigenvalue weighted by Crippen LogP contribution is -2.59. The van der Waals surface area contributed by atoms with Gasteiger partial charge in [0.25, 0.3) is 5.91 Å². The van der Waals surface area contributed by atoms with Crippen LogP contribution in [0.4, 0.5) is 0 Å². The Balaban J connectivity index is 2.21. The van der Waals surface area contributed by atoms with Crippen LogP contribution >= 0.6 is 31.9 Å². The van der Waals surface area contributed by atoms with Gasteiger partial charge in [-0.3, -0.25) is 4.79 Å². The molecule has 0 aromatic heterocycles. The van der Waals surface area contributed by atoms with Crippen molar-refractivity contribution in [3.63, 3.8) is 0 Å². The van der Waals surface area contributed by atoms with Crippen LogP contribution in [-0.4, -0.2) is 36.5 Å². The maximum absolute atomic E-state index is 12.5. The molecule has 1 aromatic rings. The summed E-state index contributed by atoms with van der Waals surface area (Å²) in [6, 6.07) is 6.03. The molecule has 0 bridgehead atoms. The van der Waals surface area contributed by atoms with Crippen LogP contribution in [-0.2, 0) is 0 Å². The molecule has 0 saturated carbocycles. The van der Waals surface area contributed by atoms with E-state index >= 15 is 0 Å². The SMILES string of the molecule is CCCN(C(=O)c1cc(Br)cc(Br)c1)C1CNC1. The van der Waals surface area contributed by atoms with Crippen LogP contribution in [0.15, 0.2) is 27.1 Å². The van der Waals surface area contributed by atoms with Gasteiger partial charge in [0, 0.05) is 34.1 Å². The second-order valence-corrected chi connectivity index (χ2v) is 6.30. The summed E-state index contributed by atoms with van der Waals surface area (Å²) in [6.07, 6.45) is 0.984. The third-order valence-electron chi connectivity index (χ3n) is 3.04. The molecule has 1 fully saturated rings. The van der Waals surface area contributed by atoms with Gasteiger partial charge in [0.15, 0.2) is 0 Å². The van der Waals surface area contributed by atoms with Gasteiger partial charge in [-0.15, -0.1) is 0 Å². The first-order valence-corrected chi connectivity index (χ1v) is 7.68. The fourth-order valence-electron chi connectivity index (χ4n) is 2.03. The average molecular weight is 376 g/mol. The second kappa shape index (κ2) is 6.17. The molecule has 1 heterocycles. The van der Waals surface area contributed by atoms with Gasteiger partial charge in [0.05, 0.1) is 6.04 Å². The minimum absolute atomic E-state index is 0.116. The van der Waals surface area contributed by atoms with Gasteiger partial charge in [-0.25, -0.2) is 0 Å². The summed E-state index contributed by atoms with van der Waals surface area (Å²) in [6.45, 7) is 4.72. The van der Waals surface area contributed by atoms with Crippen molar-refractivity contribution in [2.45, 2.75) is 19.4 Å². The molecule has 5 heteroatoms. The zero-order valence-electron chi connectivity index (χ0n) is 10.2. The zero-order chi connectivity index (χ0) is 13.1. The molecule has 98 valence electrons. The minimum Gasteiger partial charge on any atom is -0.333 e. The molecule has 1 amide bonds. The lowest BCUT2D eigenvalue weighted by molar-refractivity contribution is 0.0615. The van der Waals surface area contributed by atoms with E-state index in [2.05, 4.69) is 44.1 Å². The van der Waals surface area contributed by atoms with Crippen LogP contribution in [0.25, 0.3) is 0 Å². The van der Waals surface area contributed by atoms with Crippen LogP contribution < -0.4 is 5.32 Å². The highest BCUT2D eigenvalue weighted by molar-refractivity contribution is 9.11. The topological polar surface area (TPSA) is 32.3 Å². The Bertz CT molecular complexity index is 426. The van der Waals surface area contributed by atoms with Crippen molar-refractivity contribution >= 4 is 37.8 Å². The van der Waals surface area contributed by atoms with Gasteiger partial charge >= 0.3 is 0 Å². The number of hydrogen-bond donors (Lipinski definition) is 1. The fraction of sp³-hybridized carbons (Fsp3) is 0.462. The van der Waals surface area contributed by atoms with E-state index in [4.69, 9.17) is 0 Å². The first-order valence-electron chi connectivity index (χ1n) is 6.09. The highest BCUT2D eigenvalue weighted by Crippen LogP contribution is 2.22. The molecule has 1 aliphatic rings. The van der Waals surface area contributed by atoms with Crippen LogP contribution in [0.3, 0.4) is 0 Å². The number of nitrogens with zero attached hydrogens (tertiary/aromatic N) is 1. The number of benzene rings is 1. The highest BCUT2D eigenvalue weighted by atomic mass is 79.9. The molecule has 1 saturated heterocycles. The summed E-state index contributed by atoms with van der Waals surface area (Å²) in [4.78, 5) is 14.5. The van der Waals surface area contributed by atoms with Gasteiger partial charge in [-0.05, 0) is 24.6 Å². The van der Waals surface area contributed by atoms with Gasteiger partial charge in [-0.2, -0.15) is 0 Å². The Hall–Kier alpha value is -0.390. The lowest BCUT2D eigenvalue weighted by Gasteiger charge is -2.38. The zero-order valence-corrected chi connectivity index (χ0v) is 13.4. The smallest absolute Gasteiger partial charge is 0.254 e. The fourth-order valence-corrected chi connectivity index (χ4v) is 3.32. The summed E-state index contributed by atoms with van der Waals surface area (Å²) in [5.74, 6) is 0.116. The Labute approximate surface area is 124 Å². The van der Waals surface area contributed by atoms with Gasteiger partial charge in [-0.1, -0.05) is 38.8 Å². The number of rotatable bonds is 4. The summed E-state index contributed by atoms with van der Waals surface area (Å²) >= 11 is 6.85. The maximum Gasteiger partial charge on any atom is 0.254 e. The maximum atomic E-state index is 12.5. The van der Waals surface area contributed by atoms with Gasteiger partial charge in [0.2, 0.25) is 0 Å². The van der Waals surface area contributed by atoms with E-state index in [9.17, 15) is 4.79 Å². The summed E-state index contributed by atoms with van der Waals surface area (Å²) < 4.78 is 1.84. The lowest BCUT2D eigenvalue weighted by atomic mass is 10.1. The van der Waals surface area contributed by atoms with Crippen molar-refractivity contribution in [1.29, 1.82) is 0 Å². The molecule has 0 spiro atoms. The van der Waals surface area contributed by atoms with E-state index in [1.54, 1.807) is 0 Å². The number of amides is 1. The predicted molar refractivity (Wildman–Crippen MR) is 79.8 cm³/mol. The van der Waals surface area contributed by atoms with E-state index < -0.39 is 0 Å². The van der Waals surface area contributed by atoms with E-state index in [0.29, 0.717) is 6.04 Å². The molecular weight excluding hydrogens is 360 g/mol. The van der Waals surface area contributed by atoms with E-state index in [1.165, 1.54) is 0 Å². The molecule has 0 unspecified atom stereocenters. The normalized spacial score (nSPS) is 15.3. The van der Waals surface area contributed by atoms with Gasteiger partial charge < -0.3 is 10.2 Å². The molecule has 0 atom stereocenters. The standard InChI is InChI=1S/C13H16Br2N2O/c1-2-3-17(12-7-16-8-12)13(18)9-4-10(14)6-11(15)5-9/h4-6,12,16H,2-3,7-8H2,1H3. The van der Waals surface area contributed by atoms with E-state index in [-0.39, 0.29) is 5.91 Å². The predicted octanol–water partition coefficient (Wildman–Crippen LogP) is 3.04. The van der Waals surface area contributed by atoms with Crippen molar-refractivity contribution in [3.8, 4) is 0 Å². The molecule has 1 aliphatic heterocycles. The Morgan fingerprint density at radius 2 is 1.94 bits per heavy atom. The minimum atomic E-state index is 0.116. The largest absolute Gasteiger partial charge is 0.333 e. The molecule has 0 aliphatic carbocycles. The Kier molecular flexibility index (Phi) is 4.81. The highest BCUT2D eigenvalue weighted by Gasteiger charge is 2.28. The molecule has 3 nitrogen and oxygen atoms in total. The average Bonchev–Trinajstić information content (AvgIpc) is 2.23. The van der Waals surface area contributed by atoms with Crippen LogP contribution in [0, 0.1) is 0 Å². The third kappa shape index (κ3) is 3.13. The summed E-state index contributed by atoms with van der Waals surface area (Å²) in [5, 5.41) is 3.22. The molecule has 0 radical (unpaired) electrons. The Morgan fingerprint density at radius 1 is 1.33 bits per heavy atom. The van der Waals surface area contributed by atoms with Crippen LogP contribution in [0.5, 0.6) is 0 Å². The van der Waals surface area contributed by atoms with Crippen molar-refractivity contribution in [2.24, 2.45) is 0 Å². The Morgan fingerprint density at radius 3 is 2.39 bits per heavy atom. The van der Waals surface area contributed by atoms with Crippen molar-refractivity contribution < 1.29 is 4.79 Å². The van der Waals surface area contributed by atoms with Crippen molar-refractivity contribution in [1.82, 2.24) is 10.2 Å². The quantitative estimate of drug-likeness (QED) is 0.877. The van der Waals surface area contributed by atoms with Gasteiger partial charge in [0.1, 0.15) is 0 Å². The van der Waals surface area contributed by atoms with E-state index in [0.717, 1.165) is 40.6 Å².